The van der Waals surface area contributed by atoms with Gasteiger partial charge in [-0.3, -0.25) is 14.0 Å². The molecule has 4 aromatic rings. The molecule has 1 fully saturated rings. The fourth-order valence-electron chi connectivity index (χ4n) is 4.66. The number of rotatable bonds is 7. The predicted molar refractivity (Wildman–Crippen MR) is 136 cm³/mol. The molecule has 182 valence electrons. The molecule has 36 heavy (non-hydrogen) atoms. The fourth-order valence-corrected chi connectivity index (χ4v) is 4.66. The lowest BCUT2D eigenvalue weighted by Crippen LogP contribution is -2.29. The first-order valence-corrected chi connectivity index (χ1v) is 12.0. The molecule has 1 saturated heterocycles. The average Bonchev–Trinajstić information content (AvgIpc) is 3.36. The van der Waals surface area contributed by atoms with E-state index in [0.29, 0.717) is 35.0 Å². The summed E-state index contributed by atoms with van der Waals surface area (Å²) < 4.78 is 7.44. The number of Topliss-reactive ketones (excluding diaryl/α,β-unsaturated/α-hetero) is 1. The highest BCUT2D eigenvalue weighted by molar-refractivity contribution is 6.46. The summed E-state index contributed by atoms with van der Waals surface area (Å²) >= 11 is 0. The summed E-state index contributed by atoms with van der Waals surface area (Å²) in [5.41, 5.74) is 3.25. The van der Waals surface area contributed by atoms with Crippen molar-refractivity contribution in [2.24, 2.45) is 0 Å². The number of aliphatic hydroxyl groups excluding tert-OH is 1. The van der Waals surface area contributed by atoms with E-state index in [9.17, 15) is 14.7 Å². The van der Waals surface area contributed by atoms with Crippen LogP contribution in [0.3, 0.4) is 0 Å². The Hall–Kier alpha value is -4.39. The zero-order valence-electron chi connectivity index (χ0n) is 20.2. The molecule has 1 amide bonds. The Labute approximate surface area is 209 Å². The van der Waals surface area contributed by atoms with Gasteiger partial charge in [0.25, 0.3) is 11.7 Å². The lowest BCUT2D eigenvalue weighted by atomic mass is 9.96. The molecule has 1 aliphatic rings. The van der Waals surface area contributed by atoms with Crippen molar-refractivity contribution in [3.8, 4) is 5.75 Å². The van der Waals surface area contributed by atoms with Crippen molar-refractivity contribution in [3.05, 3.63) is 107 Å². The minimum Gasteiger partial charge on any atom is -0.505 e. The second-order valence-corrected chi connectivity index (χ2v) is 8.80. The van der Waals surface area contributed by atoms with Crippen LogP contribution in [-0.4, -0.2) is 37.7 Å². The molecule has 2 aromatic carbocycles. The van der Waals surface area contributed by atoms with Crippen molar-refractivity contribution in [3.63, 3.8) is 0 Å². The lowest BCUT2D eigenvalue weighted by Gasteiger charge is -2.25. The molecule has 0 saturated carbocycles. The van der Waals surface area contributed by atoms with E-state index in [1.165, 1.54) is 4.90 Å². The highest BCUT2D eigenvalue weighted by Gasteiger charge is 2.46. The minimum absolute atomic E-state index is 0.0481. The maximum absolute atomic E-state index is 13.4. The number of pyridine rings is 1. The van der Waals surface area contributed by atoms with Crippen molar-refractivity contribution in [1.29, 1.82) is 0 Å². The van der Waals surface area contributed by atoms with Crippen LogP contribution < -0.4 is 4.74 Å². The summed E-state index contributed by atoms with van der Waals surface area (Å²) in [6.45, 7) is 4.64. The second-order valence-electron chi connectivity index (χ2n) is 8.80. The molecule has 5 rings (SSSR count). The monoisotopic (exact) mass is 481 g/mol. The molecule has 3 heterocycles. The number of nitrogens with zero attached hydrogens (tertiary/aromatic N) is 3. The third kappa shape index (κ3) is 4.13. The zero-order valence-corrected chi connectivity index (χ0v) is 20.2. The van der Waals surface area contributed by atoms with Crippen LogP contribution in [-0.2, 0) is 16.1 Å². The molecule has 1 aliphatic heterocycles. The van der Waals surface area contributed by atoms with E-state index < -0.39 is 17.7 Å². The maximum atomic E-state index is 13.4. The summed E-state index contributed by atoms with van der Waals surface area (Å²) in [6, 6.07) is 21.6. The highest BCUT2D eigenvalue weighted by atomic mass is 16.5. The largest absolute Gasteiger partial charge is 0.505 e. The number of hydrogen-bond donors (Lipinski definition) is 1. The van der Waals surface area contributed by atoms with Crippen LogP contribution in [0.15, 0.2) is 84.6 Å². The van der Waals surface area contributed by atoms with Crippen LogP contribution in [0.1, 0.15) is 41.9 Å². The van der Waals surface area contributed by atoms with Gasteiger partial charge < -0.3 is 14.7 Å². The van der Waals surface area contributed by atoms with E-state index in [1.807, 2.05) is 79.7 Å². The summed E-state index contributed by atoms with van der Waals surface area (Å²) in [6.07, 6.45) is 2.66. The van der Waals surface area contributed by atoms with Gasteiger partial charge in [0.2, 0.25) is 0 Å². The van der Waals surface area contributed by atoms with Gasteiger partial charge in [-0.2, -0.15) is 0 Å². The molecule has 1 atom stereocenters. The van der Waals surface area contributed by atoms with Crippen molar-refractivity contribution >= 4 is 23.1 Å². The average molecular weight is 482 g/mol. The van der Waals surface area contributed by atoms with E-state index in [4.69, 9.17) is 4.74 Å². The number of aryl methyl sites for hydroxylation is 1. The quantitative estimate of drug-likeness (QED) is 0.227. The first-order chi connectivity index (χ1) is 17.5. The number of amides is 1. The van der Waals surface area contributed by atoms with Gasteiger partial charge in [-0.25, -0.2) is 4.98 Å². The summed E-state index contributed by atoms with van der Waals surface area (Å²) in [7, 11) is 0. The Kier molecular flexibility index (Phi) is 6.29. The van der Waals surface area contributed by atoms with Gasteiger partial charge >= 0.3 is 0 Å². The first kappa shape index (κ1) is 23.4. The second kappa shape index (κ2) is 9.70. The summed E-state index contributed by atoms with van der Waals surface area (Å²) in [4.78, 5) is 32.8. The topological polar surface area (TPSA) is 84.1 Å². The van der Waals surface area contributed by atoms with Gasteiger partial charge in [-0.05, 0) is 48.7 Å². The number of aromatic nitrogens is 2. The molecule has 0 aliphatic carbocycles. The zero-order chi connectivity index (χ0) is 25.2. The SMILES string of the molecule is CCCOc1ccc(C2/C(=C(\O)c3c(C)nc4ccccn34)C(=O)C(=O)N2Cc2ccccc2)cc1. The Bertz CT molecular complexity index is 1460. The van der Waals surface area contributed by atoms with Gasteiger partial charge in [0, 0.05) is 12.7 Å². The summed E-state index contributed by atoms with van der Waals surface area (Å²) in [5, 5.41) is 11.6. The van der Waals surface area contributed by atoms with Crippen LogP contribution in [0.4, 0.5) is 0 Å². The maximum Gasteiger partial charge on any atom is 0.295 e. The van der Waals surface area contributed by atoms with Crippen molar-refractivity contribution in [1.82, 2.24) is 14.3 Å². The van der Waals surface area contributed by atoms with Crippen LogP contribution in [0, 0.1) is 6.92 Å². The molecule has 7 nitrogen and oxygen atoms in total. The Morgan fingerprint density at radius 2 is 1.72 bits per heavy atom. The number of likely N-dealkylation sites (tertiary alicyclic amines) is 1. The highest BCUT2D eigenvalue weighted by Crippen LogP contribution is 2.41. The number of fused-ring (bicyclic) bond motifs is 1. The van der Waals surface area contributed by atoms with Crippen molar-refractivity contribution in [2.45, 2.75) is 32.9 Å². The number of benzene rings is 2. The van der Waals surface area contributed by atoms with Gasteiger partial charge in [0.15, 0.2) is 5.76 Å². The lowest BCUT2D eigenvalue weighted by molar-refractivity contribution is -0.140. The molecule has 1 N–H and O–H groups in total. The standard InChI is InChI=1S/C29H27N3O4/c1-3-17-36-22-14-12-21(13-15-22)26-24(27(33)25-19(2)30-23-11-7-8-16-31(23)25)28(34)29(35)32(26)18-20-9-5-4-6-10-20/h4-16,26,33H,3,17-18H2,1-2H3/b27-24+. The van der Waals surface area contributed by atoms with E-state index in [2.05, 4.69) is 4.98 Å². The Morgan fingerprint density at radius 1 is 1.00 bits per heavy atom. The molecular formula is C29H27N3O4. The van der Waals surface area contributed by atoms with E-state index in [1.54, 1.807) is 17.5 Å². The number of ether oxygens (including phenoxy) is 1. The molecule has 0 spiro atoms. The summed E-state index contributed by atoms with van der Waals surface area (Å²) in [5.74, 6) is -0.900. The Balaban J connectivity index is 1.66. The number of imidazole rings is 1. The first-order valence-electron chi connectivity index (χ1n) is 12.0. The molecule has 0 bridgehead atoms. The van der Waals surface area contributed by atoms with Gasteiger partial charge in [-0.1, -0.05) is 55.5 Å². The normalized spacial score (nSPS) is 17.2. The van der Waals surface area contributed by atoms with E-state index in [0.717, 1.165) is 12.0 Å². The van der Waals surface area contributed by atoms with Gasteiger partial charge in [0.1, 0.15) is 17.1 Å². The number of carbonyl (C=O) groups is 2. The Morgan fingerprint density at radius 3 is 2.44 bits per heavy atom. The van der Waals surface area contributed by atoms with Crippen LogP contribution in [0.5, 0.6) is 5.75 Å². The van der Waals surface area contributed by atoms with Crippen LogP contribution in [0.2, 0.25) is 0 Å². The van der Waals surface area contributed by atoms with Gasteiger partial charge in [-0.15, -0.1) is 0 Å². The fraction of sp³-hybridized carbons (Fsp3) is 0.207. The van der Waals surface area contributed by atoms with Crippen LogP contribution >= 0.6 is 0 Å². The number of ketones is 1. The van der Waals surface area contributed by atoms with Crippen molar-refractivity contribution < 1.29 is 19.4 Å². The van der Waals surface area contributed by atoms with E-state index >= 15 is 0 Å². The van der Waals surface area contributed by atoms with Crippen LogP contribution in [0.25, 0.3) is 11.4 Å². The molecule has 7 heteroatoms. The molecule has 1 unspecified atom stereocenters. The smallest absolute Gasteiger partial charge is 0.295 e. The molecule has 2 aromatic heterocycles. The molecule has 0 radical (unpaired) electrons. The van der Waals surface area contributed by atoms with Gasteiger partial charge in [0.05, 0.1) is 23.9 Å². The van der Waals surface area contributed by atoms with E-state index in [-0.39, 0.29) is 17.9 Å². The minimum atomic E-state index is -0.765. The molecular weight excluding hydrogens is 454 g/mol. The number of aliphatic hydroxyl groups is 1. The third-order valence-corrected chi connectivity index (χ3v) is 6.33. The van der Waals surface area contributed by atoms with Crippen molar-refractivity contribution in [2.75, 3.05) is 6.61 Å². The third-order valence-electron chi connectivity index (χ3n) is 6.33. The number of hydrogen-bond acceptors (Lipinski definition) is 5. The predicted octanol–water partition coefficient (Wildman–Crippen LogP) is 5.05. The number of carbonyl (C=O) groups excluding carboxylic acids is 2.